The highest BCUT2D eigenvalue weighted by atomic mass is 32.1. The lowest BCUT2D eigenvalue weighted by Crippen LogP contribution is -2.31. The minimum absolute atomic E-state index is 0.189. The van der Waals surface area contributed by atoms with Crippen molar-refractivity contribution in [3.05, 3.63) is 51.5 Å². The predicted molar refractivity (Wildman–Crippen MR) is 86.5 cm³/mol. The molecule has 23 heavy (non-hydrogen) atoms. The van der Waals surface area contributed by atoms with Crippen LogP contribution in [-0.2, 0) is 16.1 Å². The normalized spacial score (nSPS) is 11.9. The quantitative estimate of drug-likeness (QED) is 0.812. The van der Waals surface area contributed by atoms with Gasteiger partial charge in [0.15, 0.2) is 0 Å². The number of carboxylic acids is 1. The second-order valence-corrected chi connectivity index (χ2v) is 5.98. The van der Waals surface area contributed by atoms with Crippen LogP contribution in [0.15, 0.2) is 29.6 Å². The summed E-state index contributed by atoms with van der Waals surface area (Å²) in [4.78, 5) is 27.6. The van der Waals surface area contributed by atoms with Gasteiger partial charge in [0, 0.05) is 12.5 Å². The molecule has 2 rings (SSSR count). The second kappa shape index (κ2) is 7.85. The summed E-state index contributed by atoms with van der Waals surface area (Å²) in [6.45, 7) is 2.23. The van der Waals surface area contributed by atoms with Gasteiger partial charge in [0.25, 0.3) is 5.91 Å². The third-order valence-electron chi connectivity index (χ3n) is 3.30. The van der Waals surface area contributed by atoms with Crippen molar-refractivity contribution < 1.29 is 19.4 Å². The summed E-state index contributed by atoms with van der Waals surface area (Å²) in [6, 6.07) is 6.80. The van der Waals surface area contributed by atoms with Crippen LogP contribution < -0.4 is 5.32 Å². The molecule has 0 spiro atoms. The zero-order chi connectivity index (χ0) is 16.8. The minimum atomic E-state index is -0.975. The molecule has 1 amide bonds. The van der Waals surface area contributed by atoms with Gasteiger partial charge in [-0.05, 0) is 18.1 Å². The molecule has 0 saturated carbocycles. The first-order valence-corrected chi connectivity index (χ1v) is 7.90. The van der Waals surface area contributed by atoms with Crippen LogP contribution in [0.4, 0.5) is 0 Å². The number of methoxy groups -OCH3 is 1. The number of benzene rings is 1. The molecule has 0 aliphatic carbocycles. The fourth-order valence-corrected chi connectivity index (χ4v) is 2.97. The summed E-state index contributed by atoms with van der Waals surface area (Å²) in [5.74, 6) is -1.37. The van der Waals surface area contributed by atoms with Gasteiger partial charge in [0.1, 0.15) is 10.7 Å². The molecular formula is C16H18N2O4S. The molecule has 1 unspecified atom stereocenters. The number of hydrogen-bond acceptors (Lipinski definition) is 5. The van der Waals surface area contributed by atoms with Crippen LogP contribution >= 0.6 is 11.3 Å². The van der Waals surface area contributed by atoms with Gasteiger partial charge in [-0.15, -0.1) is 11.3 Å². The molecule has 7 heteroatoms. The van der Waals surface area contributed by atoms with Gasteiger partial charge < -0.3 is 15.2 Å². The van der Waals surface area contributed by atoms with E-state index in [1.165, 1.54) is 11.3 Å². The molecule has 1 atom stereocenters. The number of amides is 1. The highest BCUT2D eigenvalue weighted by Crippen LogP contribution is 2.21. The Hall–Kier alpha value is -2.25. The molecule has 1 aromatic carbocycles. The van der Waals surface area contributed by atoms with Crippen molar-refractivity contribution in [3.63, 3.8) is 0 Å². The minimum Gasteiger partial charge on any atom is -0.481 e. The van der Waals surface area contributed by atoms with Crippen molar-refractivity contribution in [3.8, 4) is 0 Å². The Morgan fingerprint density at radius 2 is 2.13 bits per heavy atom. The highest BCUT2D eigenvalue weighted by molar-refractivity contribution is 7.09. The number of rotatable bonds is 7. The van der Waals surface area contributed by atoms with E-state index in [0.29, 0.717) is 11.6 Å². The largest absolute Gasteiger partial charge is 0.481 e. The molecule has 0 saturated heterocycles. The fraction of sp³-hybridized carbons (Fsp3) is 0.312. The molecule has 0 radical (unpaired) electrons. The predicted octanol–water partition coefficient (Wildman–Crippen LogP) is 2.54. The molecule has 0 aliphatic rings. The number of aromatic nitrogens is 1. The number of nitrogens with zero attached hydrogens (tertiary/aromatic N) is 1. The van der Waals surface area contributed by atoms with Crippen LogP contribution in [-0.4, -0.2) is 29.1 Å². The second-order valence-electron chi connectivity index (χ2n) is 5.04. The molecule has 6 nitrogen and oxygen atoms in total. The van der Waals surface area contributed by atoms with Crippen LogP contribution in [0, 0.1) is 6.92 Å². The molecule has 0 fully saturated rings. The summed E-state index contributed by atoms with van der Waals surface area (Å²) in [5.41, 5.74) is 1.99. The van der Waals surface area contributed by atoms with Crippen LogP contribution in [0.1, 0.15) is 39.1 Å². The molecule has 122 valence electrons. The van der Waals surface area contributed by atoms with E-state index in [4.69, 9.17) is 9.84 Å². The lowest BCUT2D eigenvalue weighted by atomic mass is 9.98. The van der Waals surface area contributed by atoms with Crippen LogP contribution in [0.3, 0.4) is 0 Å². The zero-order valence-electron chi connectivity index (χ0n) is 12.9. The average molecular weight is 334 g/mol. The molecule has 1 aromatic heterocycles. The Morgan fingerprint density at radius 1 is 1.39 bits per heavy atom. The van der Waals surface area contributed by atoms with Crippen LogP contribution in [0.5, 0.6) is 0 Å². The van der Waals surface area contributed by atoms with Crippen molar-refractivity contribution in [2.24, 2.45) is 0 Å². The first-order chi connectivity index (χ1) is 11.0. The van der Waals surface area contributed by atoms with E-state index in [2.05, 4.69) is 10.3 Å². The number of aryl methyl sites for hydroxylation is 1. The third-order valence-corrected chi connectivity index (χ3v) is 4.12. The van der Waals surface area contributed by atoms with E-state index in [1.807, 2.05) is 31.2 Å². The topological polar surface area (TPSA) is 88.5 Å². The fourth-order valence-electron chi connectivity index (χ4n) is 2.23. The Bertz CT molecular complexity index is 699. The van der Waals surface area contributed by atoms with E-state index in [9.17, 15) is 9.59 Å². The van der Waals surface area contributed by atoms with Gasteiger partial charge in [-0.2, -0.15) is 0 Å². The molecule has 0 aliphatic heterocycles. The van der Waals surface area contributed by atoms with Gasteiger partial charge in [0.2, 0.25) is 0 Å². The van der Waals surface area contributed by atoms with Crippen molar-refractivity contribution in [1.82, 2.24) is 10.3 Å². The SMILES string of the molecule is COCc1nc(C(=O)NC(CC(=O)O)c2ccccc2C)cs1. The van der Waals surface area contributed by atoms with E-state index < -0.39 is 17.9 Å². The van der Waals surface area contributed by atoms with Crippen LogP contribution in [0.25, 0.3) is 0 Å². The van der Waals surface area contributed by atoms with E-state index in [0.717, 1.165) is 11.1 Å². The monoisotopic (exact) mass is 334 g/mol. The van der Waals surface area contributed by atoms with Crippen molar-refractivity contribution in [2.45, 2.75) is 26.0 Å². The summed E-state index contributed by atoms with van der Waals surface area (Å²) in [7, 11) is 1.56. The number of carbonyl (C=O) groups excluding carboxylic acids is 1. The molecular weight excluding hydrogens is 316 g/mol. The standard InChI is InChI=1S/C16H18N2O4S/c1-10-5-3-4-6-11(10)12(7-15(19)20)18-16(21)13-9-23-14(17-13)8-22-2/h3-6,9,12H,7-8H2,1-2H3,(H,18,21)(H,19,20). The van der Waals surface area contributed by atoms with Crippen molar-refractivity contribution in [2.75, 3.05) is 7.11 Å². The highest BCUT2D eigenvalue weighted by Gasteiger charge is 2.21. The van der Waals surface area contributed by atoms with Gasteiger partial charge >= 0.3 is 5.97 Å². The Balaban J connectivity index is 2.18. The maximum atomic E-state index is 12.3. The number of carboxylic acid groups (broad SMARTS) is 1. The number of thiazole rings is 1. The third kappa shape index (κ3) is 4.61. The molecule has 0 bridgehead atoms. The lowest BCUT2D eigenvalue weighted by Gasteiger charge is -2.18. The smallest absolute Gasteiger partial charge is 0.305 e. The first kappa shape index (κ1) is 17.1. The molecule has 1 heterocycles. The molecule has 2 N–H and O–H groups in total. The zero-order valence-corrected chi connectivity index (χ0v) is 13.7. The maximum Gasteiger partial charge on any atom is 0.305 e. The number of aliphatic carboxylic acids is 1. The van der Waals surface area contributed by atoms with Gasteiger partial charge in [0.05, 0.1) is 19.1 Å². The number of carbonyl (C=O) groups is 2. The molecule has 2 aromatic rings. The van der Waals surface area contributed by atoms with E-state index in [1.54, 1.807) is 12.5 Å². The van der Waals surface area contributed by atoms with Gasteiger partial charge in [-0.3, -0.25) is 9.59 Å². The number of ether oxygens (including phenoxy) is 1. The summed E-state index contributed by atoms with van der Waals surface area (Å²) >= 11 is 1.33. The van der Waals surface area contributed by atoms with Gasteiger partial charge in [-0.1, -0.05) is 24.3 Å². The number of nitrogens with one attached hydrogen (secondary N) is 1. The Morgan fingerprint density at radius 3 is 2.78 bits per heavy atom. The Labute approximate surface area is 138 Å². The van der Waals surface area contributed by atoms with E-state index >= 15 is 0 Å². The van der Waals surface area contributed by atoms with Gasteiger partial charge in [-0.25, -0.2) is 4.98 Å². The summed E-state index contributed by atoms with van der Waals surface area (Å²) in [6.07, 6.45) is -0.189. The average Bonchev–Trinajstić information content (AvgIpc) is 2.96. The van der Waals surface area contributed by atoms with Crippen molar-refractivity contribution in [1.29, 1.82) is 0 Å². The first-order valence-electron chi connectivity index (χ1n) is 7.02. The maximum absolute atomic E-state index is 12.3. The van der Waals surface area contributed by atoms with Crippen LogP contribution in [0.2, 0.25) is 0 Å². The number of hydrogen-bond donors (Lipinski definition) is 2. The summed E-state index contributed by atoms with van der Waals surface area (Å²) in [5, 5.41) is 14.2. The van der Waals surface area contributed by atoms with E-state index in [-0.39, 0.29) is 12.1 Å². The lowest BCUT2D eigenvalue weighted by molar-refractivity contribution is -0.137. The Kier molecular flexibility index (Phi) is 5.84. The summed E-state index contributed by atoms with van der Waals surface area (Å²) < 4.78 is 4.98. The van der Waals surface area contributed by atoms with Crippen molar-refractivity contribution >= 4 is 23.2 Å².